The third-order valence-electron chi connectivity index (χ3n) is 3.75. The van der Waals surface area contributed by atoms with Crippen LogP contribution in [0.2, 0.25) is 0 Å². The highest BCUT2D eigenvalue weighted by Crippen LogP contribution is 2.33. The summed E-state index contributed by atoms with van der Waals surface area (Å²) in [4.78, 5) is 14.4. The van der Waals surface area contributed by atoms with E-state index in [0.29, 0.717) is 11.8 Å². The Labute approximate surface area is 150 Å². The molecule has 0 spiro atoms. The van der Waals surface area contributed by atoms with E-state index in [9.17, 15) is 0 Å². The standard InChI is InChI=1S/C18H20N4O2S/c1-11-16(12(2)21-18-19-10-9-15(22-18)24-4)25-17(20-11)13-5-7-14(23-3)8-6-13/h5-10,12H,1-4H3,(H,19,21,22). The highest BCUT2D eigenvalue weighted by Gasteiger charge is 2.16. The Morgan fingerprint density at radius 1 is 1.04 bits per heavy atom. The molecule has 0 radical (unpaired) electrons. The highest BCUT2D eigenvalue weighted by molar-refractivity contribution is 7.15. The van der Waals surface area contributed by atoms with Gasteiger partial charge in [-0.3, -0.25) is 0 Å². The van der Waals surface area contributed by atoms with Gasteiger partial charge < -0.3 is 14.8 Å². The number of thiazole rings is 1. The molecular weight excluding hydrogens is 336 g/mol. The van der Waals surface area contributed by atoms with Crippen molar-refractivity contribution >= 4 is 17.3 Å². The second-order valence-corrected chi connectivity index (χ2v) is 6.52. The number of benzene rings is 1. The average molecular weight is 356 g/mol. The molecule has 0 bridgehead atoms. The number of ether oxygens (including phenoxy) is 2. The number of hydrogen-bond donors (Lipinski definition) is 1. The van der Waals surface area contributed by atoms with E-state index >= 15 is 0 Å². The Bertz CT molecular complexity index is 849. The number of aryl methyl sites for hydroxylation is 1. The van der Waals surface area contributed by atoms with E-state index in [2.05, 4.69) is 22.2 Å². The molecule has 0 amide bonds. The first-order chi connectivity index (χ1) is 12.1. The van der Waals surface area contributed by atoms with Crippen LogP contribution in [-0.4, -0.2) is 29.2 Å². The molecule has 0 saturated carbocycles. The number of methoxy groups -OCH3 is 2. The molecular formula is C18H20N4O2S. The van der Waals surface area contributed by atoms with Gasteiger partial charge >= 0.3 is 0 Å². The quantitative estimate of drug-likeness (QED) is 0.717. The maximum atomic E-state index is 5.21. The third kappa shape index (κ3) is 3.88. The first-order valence-corrected chi connectivity index (χ1v) is 8.67. The van der Waals surface area contributed by atoms with Crippen LogP contribution in [0.15, 0.2) is 36.5 Å². The second kappa shape index (κ2) is 7.48. The molecule has 1 atom stereocenters. The van der Waals surface area contributed by atoms with Crippen LogP contribution in [0.5, 0.6) is 11.6 Å². The molecule has 130 valence electrons. The van der Waals surface area contributed by atoms with Crippen molar-refractivity contribution in [2.75, 3.05) is 19.5 Å². The van der Waals surface area contributed by atoms with Gasteiger partial charge in [0.2, 0.25) is 11.8 Å². The molecule has 2 heterocycles. The van der Waals surface area contributed by atoms with Crippen LogP contribution >= 0.6 is 11.3 Å². The van der Waals surface area contributed by atoms with Crippen LogP contribution in [0.4, 0.5) is 5.95 Å². The van der Waals surface area contributed by atoms with Crippen molar-refractivity contribution < 1.29 is 9.47 Å². The van der Waals surface area contributed by atoms with Crippen molar-refractivity contribution in [3.63, 3.8) is 0 Å². The predicted octanol–water partition coefficient (Wildman–Crippen LogP) is 4.10. The van der Waals surface area contributed by atoms with Gasteiger partial charge in [-0.25, -0.2) is 9.97 Å². The van der Waals surface area contributed by atoms with E-state index < -0.39 is 0 Å². The summed E-state index contributed by atoms with van der Waals surface area (Å²) in [6, 6.07) is 9.68. The van der Waals surface area contributed by atoms with Crippen LogP contribution in [0.1, 0.15) is 23.5 Å². The molecule has 2 aromatic heterocycles. The second-order valence-electron chi connectivity index (χ2n) is 5.49. The van der Waals surface area contributed by atoms with Crippen LogP contribution in [0.25, 0.3) is 10.6 Å². The summed E-state index contributed by atoms with van der Waals surface area (Å²) in [5.74, 6) is 1.90. The number of anilines is 1. The lowest BCUT2D eigenvalue weighted by molar-refractivity contribution is 0.397. The monoisotopic (exact) mass is 356 g/mol. The maximum absolute atomic E-state index is 5.21. The van der Waals surface area contributed by atoms with E-state index in [4.69, 9.17) is 14.5 Å². The van der Waals surface area contributed by atoms with Gasteiger partial charge in [0.15, 0.2) is 0 Å². The van der Waals surface area contributed by atoms with E-state index in [-0.39, 0.29) is 6.04 Å². The predicted molar refractivity (Wildman–Crippen MR) is 99.5 cm³/mol. The Kier molecular flexibility index (Phi) is 5.14. The van der Waals surface area contributed by atoms with E-state index in [1.807, 2.05) is 31.2 Å². The van der Waals surface area contributed by atoms with Gasteiger partial charge in [0, 0.05) is 17.8 Å². The molecule has 0 aliphatic heterocycles. The molecule has 1 unspecified atom stereocenters. The average Bonchev–Trinajstić information content (AvgIpc) is 3.04. The Morgan fingerprint density at radius 2 is 1.80 bits per heavy atom. The first kappa shape index (κ1) is 17.2. The fraction of sp³-hybridized carbons (Fsp3) is 0.278. The van der Waals surface area contributed by atoms with Crippen molar-refractivity contribution in [1.29, 1.82) is 0 Å². The topological polar surface area (TPSA) is 69.2 Å². The lowest BCUT2D eigenvalue weighted by Crippen LogP contribution is -2.09. The summed E-state index contributed by atoms with van der Waals surface area (Å²) in [7, 11) is 3.25. The van der Waals surface area contributed by atoms with Crippen molar-refractivity contribution in [3.8, 4) is 22.2 Å². The number of hydrogen-bond acceptors (Lipinski definition) is 7. The van der Waals surface area contributed by atoms with Gasteiger partial charge in [-0.05, 0) is 38.1 Å². The van der Waals surface area contributed by atoms with Crippen molar-refractivity contribution in [2.24, 2.45) is 0 Å². The zero-order valence-electron chi connectivity index (χ0n) is 14.6. The van der Waals surface area contributed by atoms with E-state index in [0.717, 1.165) is 26.9 Å². The third-order valence-corrected chi connectivity index (χ3v) is 5.14. The summed E-state index contributed by atoms with van der Waals surface area (Å²) >= 11 is 1.66. The molecule has 6 nitrogen and oxygen atoms in total. The minimum absolute atomic E-state index is 0.0385. The number of aromatic nitrogens is 3. The van der Waals surface area contributed by atoms with Gasteiger partial charge in [-0.1, -0.05) is 0 Å². The van der Waals surface area contributed by atoms with Crippen molar-refractivity contribution in [2.45, 2.75) is 19.9 Å². The number of rotatable bonds is 6. The summed E-state index contributed by atoms with van der Waals surface area (Å²) in [6.45, 7) is 4.09. The summed E-state index contributed by atoms with van der Waals surface area (Å²) in [5, 5.41) is 4.29. The van der Waals surface area contributed by atoms with Crippen LogP contribution in [0.3, 0.4) is 0 Å². The Morgan fingerprint density at radius 3 is 2.48 bits per heavy atom. The fourth-order valence-corrected chi connectivity index (χ4v) is 3.53. The Balaban J connectivity index is 1.80. The first-order valence-electron chi connectivity index (χ1n) is 7.86. The SMILES string of the molecule is COc1ccc(-c2nc(C)c(C(C)Nc3nccc(OC)n3)s2)cc1. The van der Waals surface area contributed by atoms with E-state index in [1.54, 1.807) is 37.8 Å². The normalized spacial score (nSPS) is 11.8. The fourth-order valence-electron chi connectivity index (χ4n) is 2.45. The van der Waals surface area contributed by atoms with Crippen LogP contribution < -0.4 is 14.8 Å². The number of nitrogens with one attached hydrogen (secondary N) is 1. The van der Waals surface area contributed by atoms with Gasteiger partial charge in [0.05, 0.1) is 30.8 Å². The summed E-state index contributed by atoms with van der Waals surface area (Å²) in [6.07, 6.45) is 1.67. The highest BCUT2D eigenvalue weighted by atomic mass is 32.1. The molecule has 7 heteroatoms. The number of nitrogens with zero attached hydrogens (tertiary/aromatic N) is 3. The van der Waals surface area contributed by atoms with Crippen molar-refractivity contribution in [1.82, 2.24) is 15.0 Å². The molecule has 3 rings (SSSR count). The lowest BCUT2D eigenvalue weighted by atomic mass is 10.2. The molecule has 0 aliphatic carbocycles. The molecule has 3 aromatic rings. The summed E-state index contributed by atoms with van der Waals surface area (Å²) < 4.78 is 10.3. The Hall–Kier alpha value is -2.67. The van der Waals surface area contributed by atoms with Gasteiger partial charge in [-0.2, -0.15) is 4.98 Å². The molecule has 25 heavy (non-hydrogen) atoms. The molecule has 0 aliphatic rings. The zero-order chi connectivity index (χ0) is 17.8. The molecule has 0 fully saturated rings. The molecule has 0 saturated heterocycles. The summed E-state index contributed by atoms with van der Waals surface area (Å²) in [5.41, 5.74) is 2.07. The van der Waals surface area contributed by atoms with Gasteiger partial charge in [-0.15, -0.1) is 11.3 Å². The van der Waals surface area contributed by atoms with E-state index in [1.165, 1.54) is 0 Å². The lowest BCUT2D eigenvalue weighted by Gasteiger charge is -2.12. The van der Waals surface area contributed by atoms with Crippen LogP contribution in [-0.2, 0) is 0 Å². The molecule has 1 N–H and O–H groups in total. The maximum Gasteiger partial charge on any atom is 0.226 e. The van der Waals surface area contributed by atoms with Crippen molar-refractivity contribution in [3.05, 3.63) is 47.1 Å². The minimum Gasteiger partial charge on any atom is -0.497 e. The smallest absolute Gasteiger partial charge is 0.226 e. The minimum atomic E-state index is 0.0385. The zero-order valence-corrected chi connectivity index (χ0v) is 15.4. The van der Waals surface area contributed by atoms with Gasteiger partial charge in [0.1, 0.15) is 10.8 Å². The van der Waals surface area contributed by atoms with Gasteiger partial charge in [0.25, 0.3) is 0 Å². The molecule has 1 aromatic carbocycles. The largest absolute Gasteiger partial charge is 0.497 e. The van der Waals surface area contributed by atoms with Crippen LogP contribution in [0, 0.1) is 6.92 Å².